The first-order chi connectivity index (χ1) is 13.6. The van der Waals surface area contributed by atoms with Crippen molar-refractivity contribution in [2.75, 3.05) is 26.2 Å². The summed E-state index contributed by atoms with van der Waals surface area (Å²) in [5, 5.41) is 16.1. The van der Waals surface area contributed by atoms with Gasteiger partial charge in [-0.2, -0.15) is 17.5 Å². The molecule has 29 heavy (non-hydrogen) atoms. The van der Waals surface area contributed by atoms with E-state index < -0.39 is 27.5 Å². The number of nitrogens with zero attached hydrogens (tertiary/aromatic N) is 2. The van der Waals surface area contributed by atoms with E-state index in [4.69, 9.17) is 0 Å². The molecule has 3 N–H and O–H groups in total. The Hall–Kier alpha value is -1.92. The number of piperidine rings is 1. The average molecular weight is 440 g/mol. The van der Waals surface area contributed by atoms with Crippen LogP contribution in [0.1, 0.15) is 31.4 Å². The van der Waals surface area contributed by atoms with E-state index in [1.54, 1.807) is 6.07 Å². The van der Waals surface area contributed by atoms with Crippen molar-refractivity contribution in [2.45, 2.75) is 37.4 Å². The third-order valence-corrected chi connectivity index (χ3v) is 6.09. The van der Waals surface area contributed by atoms with E-state index in [1.165, 1.54) is 18.2 Å². The molecular formula is C17H24F4N4O3S. The molecule has 0 saturated carbocycles. The van der Waals surface area contributed by atoms with Gasteiger partial charge in [0.2, 0.25) is 0 Å². The summed E-state index contributed by atoms with van der Waals surface area (Å²) >= 11 is 0. The number of benzene rings is 1. The van der Waals surface area contributed by atoms with Crippen LogP contribution in [0.25, 0.3) is 0 Å². The lowest BCUT2D eigenvalue weighted by Crippen LogP contribution is -2.51. The predicted octanol–water partition coefficient (Wildman–Crippen LogP) is 1.73. The highest BCUT2D eigenvalue weighted by atomic mass is 32.2. The number of alkyl halides is 3. The van der Waals surface area contributed by atoms with E-state index in [0.29, 0.717) is 16.8 Å². The molecule has 0 bridgehead atoms. The molecule has 2 rings (SSSR count). The molecular weight excluding hydrogens is 416 g/mol. The van der Waals surface area contributed by atoms with Crippen LogP contribution in [0.2, 0.25) is 0 Å². The van der Waals surface area contributed by atoms with Crippen molar-refractivity contribution >= 4 is 16.0 Å². The Balaban J connectivity index is 1.96. The number of aliphatic hydroxyl groups is 1. The average Bonchev–Trinajstić information content (AvgIpc) is 2.66. The van der Waals surface area contributed by atoms with Crippen molar-refractivity contribution in [3.8, 4) is 0 Å². The number of hydrogen-bond donors (Lipinski definition) is 3. The topological polar surface area (TPSA) is 94.0 Å². The number of nitrogens with one attached hydrogen (secondary N) is 2. The molecule has 1 saturated heterocycles. The Morgan fingerprint density at radius 3 is 2.48 bits per heavy atom. The van der Waals surface area contributed by atoms with Crippen LogP contribution in [0.15, 0.2) is 29.3 Å². The molecule has 0 aliphatic carbocycles. The van der Waals surface area contributed by atoms with Crippen LogP contribution in [-0.2, 0) is 10.0 Å². The minimum atomic E-state index is -5.33. The molecule has 7 nitrogen and oxygen atoms in total. The Morgan fingerprint density at radius 2 is 1.93 bits per heavy atom. The quantitative estimate of drug-likeness (QED) is 0.356. The van der Waals surface area contributed by atoms with Crippen LogP contribution in [-0.4, -0.2) is 61.5 Å². The summed E-state index contributed by atoms with van der Waals surface area (Å²) in [7, 11) is -5.33. The Labute approximate surface area is 166 Å². The summed E-state index contributed by atoms with van der Waals surface area (Å²) in [5.41, 5.74) is -5.20. The van der Waals surface area contributed by atoms with Gasteiger partial charge in [0, 0.05) is 31.2 Å². The maximum Gasteiger partial charge on any atom is 0.511 e. The maximum atomic E-state index is 13.7. The van der Waals surface area contributed by atoms with Crippen molar-refractivity contribution in [2.24, 2.45) is 4.99 Å². The first kappa shape index (κ1) is 23.4. The molecule has 1 fully saturated rings. The van der Waals surface area contributed by atoms with Crippen LogP contribution in [0.4, 0.5) is 17.6 Å². The third kappa shape index (κ3) is 6.03. The van der Waals surface area contributed by atoms with Gasteiger partial charge < -0.3 is 15.7 Å². The molecule has 12 heteroatoms. The van der Waals surface area contributed by atoms with Gasteiger partial charge in [-0.25, -0.2) is 12.8 Å². The molecule has 1 aromatic carbocycles. The molecule has 164 valence electrons. The van der Waals surface area contributed by atoms with E-state index in [0.717, 1.165) is 0 Å². The zero-order chi connectivity index (χ0) is 21.7. The second kappa shape index (κ2) is 9.72. The van der Waals surface area contributed by atoms with E-state index in [-0.39, 0.29) is 44.1 Å². The van der Waals surface area contributed by atoms with Crippen molar-refractivity contribution in [1.29, 1.82) is 0 Å². The Bertz CT molecular complexity index is 809. The standard InChI is InChI=1S/C17H24F4N4O3S/c1-2-22-16(23-11-15(26)13-5-3-4-6-14(13)18)24-12-7-9-25(10-8-12)29(27,28)17(19,20)21/h3-6,12,15,26H,2,7-11H2,1H3,(H2,22,23,24). The van der Waals surface area contributed by atoms with E-state index in [9.17, 15) is 31.1 Å². The Morgan fingerprint density at radius 1 is 1.31 bits per heavy atom. The normalized spacial score (nSPS) is 18.5. The number of sulfonamides is 1. The minimum absolute atomic E-state index is 0.109. The summed E-state index contributed by atoms with van der Waals surface area (Å²) < 4.78 is 75.0. The van der Waals surface area contributed by atoms with Gasteiger partial charge in [0.05, 0.1) is 6.54 Å². The lowest BCUT2D eigenvalue weighted by atomic mass is 10.1. The third-order valence-electron chi connectivity index (χ3n) is 4.46. The molecule has 0 radical (unpaired) electrons. The summed E-state index contributed by atoms with van der Waals surface area (Å²) in [4.78, 5) is 4.20. The van der Waals surface area contributed by atoms with Crippen LogP contribution in [0.5, 0.6) is 0 Å². The van der Waals surface area contributed by atoms with Gasteiger partial charge in [-0.05, 0) is 25.8 Å². The highest BCUT2D eigenvalue weighted by molar-refractivity contribution is 7.90. The Kier molecular flexibility index (Phi) is 7.83. The molecule has 0 spiro atoms. The van der Waals surface area contributed by atoms with Gasteiger partial charge >= 0.3 is 15.5 Å². The summed E-state index contributed by atoms with van der Waals surface area (Å²) in [6.07, 6.45) is -0.837. The fraction of sp³-hybridized carbons (Fsp3) is 0.588. The molecule has 1 atom stereocenters. The number of aliphatic imine (C=N–C) groups is 1. The largest absolute Gasteiger partial charge is 0.511 e. The van der Waals surface area contributed by atoms with Gasteiger partial charge in [0.15, 0.2) is 5.96 Å². The van der Waals surface area contributed by atoms with E-state index in [1.807, 2.05) is 6.92 Å². The highest BCUT2D eigenvalue weighted by Gasteiger charge is 2.50. The van der Waals surface area contributed by atoms with Crippen LogP contribution < -0.4 is 10.6 Å². The van der Waals surface area contributed by atoms with Crippen molar-refractivity contribution in [3.63, 3.8) is 0 Å². The molecule has 0 aromatic heterocycles. The van der Waals surface area contributed by atoms with Gasteiger partial charge in [-0.3, -0.25) is 4.99 Å². The minimum Gasteiger partial charge on any atom is -0.386 e. The van der Waals surface area contributed by atoms with Crippen LogP contribution in [0.3, 0.4) is 0 Å². The number of hydrogen-bond acceptors (Lipinski definition) is 4. The van der Waals surface area contributed by atoms with E-state index >= 15 is 0 Å². The molecule has 1 unspecified atom stereocenters. The first-order valence-corrected chi connectivity index (χ1v) is 10.5. The first-order valence-electron chi connectivity index (χ1n) is 9.10. The maximum absolute atomic E-state index is 13.7. The van der Waals surface area contributed by atoms with Gasteiger partial charge in [-0.15, -0.1) is 0 Å². The summed E-state index contributed by atoms with van der Waals surface area (Å²) in [6, 6.07) is 5.49. The zero-order valence-corrected chi connectivity index (χ0v) is 16.6. The second-order valence-corrected chi connectivity index (χ2v) is 8.45. The summed E-state index contributed by atoms with van der Waals surface area (Å²) in [5.74, 6) is -0.244. The zero-order valence-electron chi connectivity index (χ0n) is 15.8. The monoisotopic (exact) mass is 440 g/mol. The highest BCUT2D eigenvalue weighted by Crippen LogP contribution is 2.29. The SMILES string of the molecule is CCNC(=NCC(O)c1ccccc1F)NC1CCN(S(=O)(=O)C(F)(F)F)CC1. The van der Waals surface area contributed by atoms with Crippen LogP contribution >= 0.6 is 0 Å². The molecule has 1 aliphatic heterocycles. The van der Waals surface area contributed by atoms with E-state index in [2.05, 4.69) is 15.6 Å². The van der Waals surface area contributed by atoms with Gasteiger partial charge in [0.25, 0.3) is 0 Å². The molecule has 0 amide bonds. The lowest BCUT2D eigenvalue weighted by Gasteiger charge is -2.32. The molecule has 1 aliphatic rings. The molecule has 1 aromatic rings. The number of aliphatic hydroxyl groups excluding tert-OH is 1. The second-order valence-electron chi connectivity index (χ2n) is 6.53. The predicted molar refractivity (Wildman–Crippen MR) is 100 cm³/mol. The fourth-order valence-corrected chi connectivity index (χ4v) is 3.91. The van der Waals surface area contributed by atoms with Crippen molar-refractivity contribution in [3.05, 3.63) is 35.6 Å². The molecule has 1 heterocycles. The van der Waals surface area contributed by atoms with Crippen molar-refractivity contribution < 1.29 is 31.1 Å². The fourth-order valence-electron chi connectivity index (χ4n) is 2.92. The summed E-state index contributed by atoms with van der Waals surface area (Å²) in [6.45, 7) is 1.64. The lowest BCUT2D eigenvalue weighted by molar-refractivity contribution is -0.0494. The number of rotatable bonds is 6. The number of halogens is 4. The van der Waals surface area contributed by atoms with Gasteiger partial charge in [-0.1, -0.05) is 18.2 Å². The van der Waals surface area contributed by atoms with Gasteiger partial charge in [0.1, 0.15) is 11.9 Å². The smallest absolute Gasteiger partial charge is 0.386 e. The van der Waals surface area contributed by atoms with Crippen molar-refractivity contribution in [1.82, 2.24) is 14.9 Å². The number of guanidine groups is 1. The van der Waals surface area contributed by atoms with Crippen LogP contribution in [0, 0.1) is 5.82 Å².